The summed E-state index contributed by atoms with van der Waals surface area (Å²) >= 11 is 0. The summed E-state index contributed by atoms with van der Waals surface area (Å²) in [7, 11) is 0. The molecule has 2 N–H and O–H groups in total. The topological polar surface area (TPSA) is 61.4 Å². The van der Waals surface area contributed by atoms with Crippen molar-refractivity contribution in [3.63, 3.8) is 0 Å². The molecule has 1 aliphatic rings. The van der Waals surface area contributed by atoms with Gasteiger partial charge in [-0.05, 0) is 62.1 Å². The molecule has 2 amide bonds. The Labute approximate surface area is 171 Å². The first-order chi connectivity index (χ1) is 14.0. The van der Waals surface area contributed by atoms with Gasteiger partial charge in [-0.1, -0.05) is 18.2 Å². The van der Waals surface area contributed by atoms with Crippen molar-refractivity contribution >= 4 is 23.2 Å². The molecule has 1 atom stereocenters. The van der Waals surface area contributed by atoms with E-state index in [-0.39, 0.29) is 36.5 Å². The number of aryl methyl sites for hydroxylation is 1. The number of rotatable bonds is 8. The number of nitrogens with zero attached hydrogens (tertiary/aromatic N) is 1. The summed E-state index contributed by atoms with van der Waals surface area (Å²) in [6.45, 7) is 3.91. The van der Waals surface area contributed by atoms with E-state index in [4.69, 9.17) is 0 Å². The standard InChI is InChI=1S/C23H28FN3O2/c1-17(25-22(28)11-10-18-6-4-7-19(24)15-18)14-23(29)26-20-8-5-9-21(16-20)27-12-2-3-13-27/h4-9,15-17H,2-3,10-14H2,1H3,(H,25,28)(H,26,29). The largest absolute Gasteiger partial charge is 0.371 e. The van der Waals surface area contributed by atoms with Gasteiger partial charge in [0.15, 0.2) is 0 Å². The van der Waals surface area contributed by atoms with Gasteiger partial charge in [-0.15, -0.1) is 0 Å². The molecular weight excluding hydrogens is 369 g/mol. The maximum absolute atomic E-state index is 13.2. The number of benzene rings is 2. The van der Waals surface area contributed by atoms with E-state index in [2.05, 4.69) is 21.6 Å². The van der Waals surface area contributed by atoms with Crippen molar-refractivity contribution < 1.29 is 14.0 Å². The second-order valence-electron chi connectivity index (χ2n) is 7.60. The van der Waals surface area contributed by atoms with Crippen LogP contribution in [0.5, 0.6) is 0 Å². The van der Waals surface area contributed by atoms with Gasteiger partial charge in [-0.2, -0.15) is 0 Å². The van der Waals surface area contributed by atoms with Crippen molar-refractivity contribution in [2.45, 2.75) is 45.1 Å². The SMILES string of the molecule is CC(CC(=O)Nc1cccc(N2CCCC2)c1)NC(=O)CCc1cccc(F)c1. The van der Waals surface area contributed by atoms with Crippen LogP contribution in [0.2, 0.25) is 0 Å². The lowest BCUT2D eigenvalue weighted by Gasteiger charge is -2.19. The third-order valence-corrected chi connectivity index (χ3v) is 5.03. The van der Waals surface area contributed by atoms with Gasteiger partial charge in [-0.25, -0.2) is 4.39 Å². The monoisotopic (exact) mass is 397 g/mol. The Bertz CT molecular complexity index is 850. The summed E-state index contributed by atoms with van der Waals surface area (Å²) in [5, 5.41) is 5.75. The fourth-order valence-corrected chi connectivity index (χ4v) is 3.59. The molecule has 5 nitrogen and oxygen atoms in total. The molecule has 3 rings (SSSR count). The zero-order valence-electron chi connectivity index (χ0n) is 16.8. The number of hydrogen-bond acceptors (Lipinski definition) is 3. The number of carbonyl (C=O) groups is 2. The lowest BCUT2D eigenvalue weighted by Crippen LogP contribution is -2.35. The molecule has 1 aliphatic heterocycles. The highest BCUT2D eigenvalue weighted by atomic mass is 19.1. The smallest absolute Gasteiger partial charge is 0.226 e. The van der Waals surface area contributed by atoms with Crippen LogP contribution in [-0.4, -0.2) is 30.9 Å². The van der Waals surface area contributed by atoms with E-state index < -0.39 is 0 Å². The van der Waals surface area contributed by atoms with Crippen LogP contribution in [-0.2, 0) is 16.0 Å². The van der Waals surface area contributed by atoms with Crippen LogP contribution in [0.4, 0.5) is 15.8 Å². The molecule has 6 heteroatoms. The van der Waals surface area contributed by atoms with E-state index in [1.807, 2.05) is 18.2 Å². The molecule has 154 valence electrons. The molecule has 0 aromatic heterocycles. The zero-order valence-corrected chi connectivity index (χ0v) is 16.8. The molecule has 1 saturated heterocycles. The van der Waals surface area contributed by atoms with Crippen LogP contribution in [0.25, 0.3) is 0 Å². The third kappa shape index (κ3) is 6.59. The predicted octanol–water partition coefficient (Wildman–Crippen LogP) is 3.89. The zero-order chi connectivity index (χ0) is 20.6. The number of hydrogen-bond donors (Lipinski definition) is 2. The minimum absolute atomic E-state index is 0.137. The summed E-state index contributed by atoms with van der Waals surface area (Å²) in [4.78, 5) is 26.8. The fourth-order valence-electron chi connectivity index (χ4n) is 3.59. The molecular formula is C23H28FN3O2. The summed E-state index contributed by atoms with van der Waals surface area (Å²) in [6, 6.07) is 13.8. The normalized spacial score (nSPS) is 14.5. The van der Waals surface area contributed by atoms with Crippen LogP contribution in [0.1, 0.15) is 38.2 Å². The van der Waals surface area contributed by atoms with Crippen LogP contribution >= 0.6 is 0 Å². The Balaban J connectivity index is 1.43. The number of carbonyl (C=O) groups excluding carboxylic acids is 2. The Morgan fingerprint density at radius 3 is 2.59 bits per heavy atom. The maximum atomic E-state index is 13.2. The van der Waals surface area contributed by atoms with E-state index >= 15 is 0 Å². The first-order valence-corrected chi connectivity index (χ1v) is 10.2. The van der Waals surface area contributed by atoms with E-state index in [9.17, 15) is 14.0 Å². The molecule has 1 unspecified atom stereocenters. The molecule has 1 fully saturated rings. The Kier molecular flexibility index (Phi) is 7.22. The average molecular weight is 397 g/mol. The van der Waals surface area contributed by atoms with Gasteiger partial charge in [0.25, 0.3) is 0 Å². The summed E-state index contributed by atoms with van der Waals surface area (Å²) in [5.74, 6) is -0.589. The van der Waals surface area contributed by atoms with E-state index in [0.29, 0.717) is 6.42 Å². The van der Waals surface area contributed by atoms with Crippen molar-refractivity contribution in [1.29, 1.82) is 0 Å². The van der Waals surface area contributed by atoms with Gasteiger partial charge >= 0.3 is 0 Å². The fraction of sp³-hybridized carbons (Fsp3) is 0.391. The van der Waals surface area contributed by atoms with Crippen molar-refractivity contribution in [3.8, 4) is 0 Å². The van der Waals surface area contributed by atoms with Crippen molar-refractivity contribution in [3.05, 3.63) is 59.9 Å². The molecule has 0 saturated carbocycles. The van der Waals surface area contributed by atoms with Crippen LogP contribution < -0.4 is 15.5 Å². The highest BCUT2D eigenvalue weighted by Crippen LogP contribution is 2.23. The van der Waals surface area contributed by atoms with Gasteiger partial charge in [0, 0.05) is 43.3 Å². The van der Waals surface area contributed by atoms with Crippen molar-refractivity contribution in [2.75, 3.05) is 23.3 Å². The van der Waals surface area contributed by atoms with Gasteiger partial charge in [0.1, 0.15) is 5.82 Å². The lowest BCUT2D eigenvalue weighted by atomic mass is 10.1. The van der Waals surface area contributed by atoms with Gasteiger partial charge < -0.3 is 15.5 Å². The molecule has 1 heterocycles. The average Bonchev–Trinajstić information content (AvgIpc) is 3.21. The highest BCUT2D eigenvalue weighted by molar-refractivity contribution is 5.92. The molecule has 0 spiro atoms. The van der Waals surface area contributed by atoms with Gasteiger partial charge in [-0.3, -0.25) is 9.59 Å². The van der Waals surface area contributed by atoms with Crippen LogP contribution in [0.15, 0.2) is 48.5 Å². The molecule has 0 bridgehead atoms. The van der Waals surface area contributed by atoms with Crippen LogP contribution in [0, 0.1) is 5.82 Å². The van der Waals surface area contributed by atoms with Crippen LogP contribution in [0.3, 0.4) is 0 Å². The highest BCUT2D eigenvalue weighted by Gasteiger charge is 2.15. The second-order valence-corrected chi connectivity index (χ2v) is 7.60. The molecule has 0 radical (unpaired) electrons. The van der Waals surface area contributed by atoms with E-state index in [1.54, 1.807) is 19.1 Å². The second kappa shape index (κ2) is 10.0. The first-order valence-electron chi connectivity index (χ1n) is 10.2. The molecule has 2 aromatic rings. The first kappa shape index (κ1) is 20.8. The molecule has 2 aromatic carbocycles. The Morgan fingerprint density at radius 2 is 1.83 bits per heavy atom. The quantitative estimate of drug-likeness (QED) is 0.710. The minimum Gasteiger partial charge on any atom is -0.371 e. The summed E-state index contributed by atoms with van der Waals surface area (Å²) in [5.41, 5.74) is 2.67. The van der Waals surface area contributed by atoms with E-state index in [0.717, 1.165) is 30.0 Å². The summed E-state index contributed by atoms with van der Waals surface area (Å²) < 4.78 is 13.2. The van der Waals surface area contributed by atoms with Gasteiger partial charge in [0.2, 0.25) is 11.8 Å². The number of anilines is 2. The lowest BCUT2D eigenvalue weighted by molar-refractivity contribution is -0.122. The van der Waals surface area contributed by atoms with E-state index in [1.165, 1.54) is 25.0 Å². The summed E-state index contributed by atoms with van der Waals surface area (Å²) in [6.07, 6.45) is 3.32. The third-order valence-electron chi connectivity index (χ3n) is 5.03. The van der Waals surface area contributed by atoms with Gasteiger partial charge in [0.05, 0.1) is 0 Å². The number of amides is 2. The Hall–Kier alpha value is -2.89. The minimum atomic E-state index is -0.304. The number of nitrogens with one attached hydrogen (secondary N) is 2. The Morgan fingerprint density at radius 1 is 1.07 bits per heavy atom. The predicted molar refractivity (Wildman–Crippen MR) is 113 cm³/mol. The molecule has 0 aliphatic carbocycles. The maximum Gasteiger partial charge on any atom is 0.226 e. The van der Waals surface area contributed by atoms with Crippen molar-refractivity contribution in [2.24, 2.45) is 0 Å². The number of halogens is 1. The van der Waals surface area contributed by atoms with Crippen molar-refractivity contribution in [1.82, 2.24) is 5.32 Å². The molecule has 29 heavy (non-hydrogen) atoms.